The number of carbonyl (C=O) groups is 2. The highest BCUT2D eigenvalue weighted by atomic mass is 16.5. The van der Waals surface area contributed by atoms with Gasteiger partial charge in [0.1, 0.15) is 12.1 Å². The molecule has 0 bridgehead atoms. The molecule has 3 aliphatic rings. The van der Waals surface area contributed by atoms with Gasteiger partial charge in [-0.3, -0.25) is 9.78 Å². The van der Waals surface area contributed by atoms with Crippen molar-refractivity contribution in [1.29, 1.82) is 0 Å². The summed E-state index contributed by atoms with van der Waals surface area (Å²) >= 11 is 0. The van der Waals surface area contributed by atoms with Gasteiger partial charge in [0.2, 0.25) is 0 Å². The van der Waals surface area contributed by atoms with Gasteiger partial charge in [0.25, 0.3) is 5.91 Å². The molecule has 1 amide bonds. The predicted octanol–water partition coefficient (Wildman–Crippen LogP) is 2.94. The molecule has 1 aromatic heterocycles. The van der Waals surface area contributed by atoms with Crippen molar-refractivity contribution in [2.45, 2.75) is 83.5 Å². The molecule has 5 atom stereocenters. The summed E-state index contributed by atoms with van der Waals surface area (Å²) in [6.45, 7) is 8.83. The van der Waals surface area contributed by atoms with E-state index in [1.165, 1.54) is 0 Å². The third kappa shape index (κ3) is 4.10. The first-order chi connectivity index (χ1) is 14.8. The van der Waals surface area contributed by atoms with Crippen LogP contribution in [0.1, 0.15) is 76.6 Å². The van der Waals surface area contributed by atoms with Crippen molar-refractivity contribution in [3.05, 3.63) is 29.6 Å². The highest BCUT2D eigenvalue weighted by molar-refractivity contribution is 5.89. The molecule has 0 unspecified atom stereocenters. The molecule has 3 heterocycles. The van der Waals surface area contributed by atoms with Crippen molar-refractivity contribution in [3.63, 3.8) is 0 Å². The highest BCUT2D eigenvalue weighted by Gasteiger charge is 2.58. The molecular weight excluding hydrogens is 394 g/mol. The van der Waals surface area contributed by atoms with Gasteiger partial charge in [-0.15, -0.1) is 0 Å². The Morgan fingerprint density at radius 1 is 1.29 bits per heavy atom. The van der Waals surface area contributed by atoms with E-state index in [0.29, 0.717) is 18.9 Å². The first-order valence-electron chi connectivity index (χ1n) is 11.6. The summed E-state index contributed by atoms with van der Waals surface area (Å²) < 4.78 is 11.2. The van der Waals surface area contributed by atoms with Crippen molar-refractivity contribution < 1.29 is 19.1 Å². The lowest BCUT2D eigenvalue weighted by Crippen LogP contribution is -2.50. The number of esters is 1. The maximum atomic E-state index is 13.8. The van der Waals surface area contributed by atoms with E-state index in [0.717, 1.165) is 30.5 Å². The number of hydrogen-bond donors (Lipinski definition) is 1. The standard InChI is InChI=1S/C24H35N3O4/c1-5-30-23(29)21-17(24(2,3)4)18(25)20(27(21)22(28)16-9-7-13-31-16)15-8-6-12-26-19(15)14-10-11-14/h6,8,12,14,16-18,20-21H,5,7,9-11,13,25H2,1-4H3/t16-,17-,18-,20-,21-/m0/s1. The highest BCUT2D eigenvalue weighted by Crippen LogP contribution is 2.51. The van der Waals surface area contributed by atoms with E-state index in [-0.39, 0.29) is 29.8 Å². The lowest BCUT2D eigenvalue weighted by Gasteiger charge is -2.35. The zero-order chi connectivity index (χ0) is 22.3. The normalized spacial score (nSPS) is 31.1. The van der Waals surface area contributed by atoms with E-state index >= 15 is 0 Å². The van der Waals surface area contributed by atoms with Crippen LogP contribution in [0.15, 0.2) is 18.3 Å². The number of pyridine rings is 1. The number of nitrogens with two attached hydrogens (primary N) is 1. The molecular formula is C24H35N3O4. The van der Waals surface area contributed by atoms with Gasteiger partial charge in [-0.2, -0.15) is 0 Å². The van der Waals surface area contributed by atoms with E-state index in [1.807, 2.05) is 12.1 Å². The zero-order valence-corrected chi connectivity index (χ0v) is 19.0. The Kier molecular flexibility index (Phi) is 6.10. The molecule has 1 aliphatic carbocycles. The molecule has 170 valence electrons. The smallest absolute Gasteiger partial charge is 0.329 e. The molecule has 3 fully saturated rings. The molecule has 1 saturated carbocycles. The van der Waals surface area contributed by atoms with Crippen LogP contribution in [0.5, 0.6) is 0 Å². The summed E-state index contributed by atoms with van der Waals surface area (Å²) in [7, 11) is 0. The second kappa shape index (κ2) is 8.51. The van der Waals surface area contributed by atoms with Gasteiger partial charge in [0.15, 0.2) is 0 Å². The van der Waals surface area contributed by atoms with Crippen molar-refractivity contribution in [1.82, 2.24) is 9.88 Å². The lowest BCUT2D eigenvalue weighted by molar-refractivity contribution is -0.160. The quantitative estimate of drug-likeness (QED) is 0.723. The Balaban J connectivity index is 1.84. The van der Waals surface area contributed by atoms with Crippen molar-refractivity contribution in [2.24, 2.45) is 17.1 Å². The SMILES string of the molecule is CCOC(=O)[C@@H]1[C@@H](C(C)(C)C)[C@H](N)[C@H](c2cccnc2C2CC2)N1C(=O)[C@@H]1CCCO1. The maximum absolute atomic E-state index is 13.8. The number of nitrogens with zero attached hydrogens (tertiary/aromatic N) is 2. The molecule has 31 heavy (non-hydrogen) atoms. The summed E-state index contributed by atoms with van der Waals surface area (Å²) in [5.41, 5.74) is 8.58. The van der Waals surface area contributed by atoms with E-state index < -0.39 is 24.2 Å². The molecule has 0 aromatic carbocycles. The number of hydrogen-bond acceptors (Lipinski definition) is 6. The Bertz CT molecular complexity index is 826. The average molecular weight is 430 g/mol. The van der Waals surface area contributed by atoms with Gasteiger partial charge in [0.05, 0.1) is 12.6 Å². The summed E-state index contributed by atoms with van der Waals surface area (Å²) in [6.07, 6.45) is 4.95. The fourth-order valence-electron chi connectivity index (χ4n) is 5.43. The molecule has 0 radical (unpaired) electrons. The van der Waals surface area contributed by atoms with Crippen LogP contribution >= 0.6 is 0 Å². The van der Waals surface area contributed by atoms with Crippen LogP contribution in [0.3, 0.4) is 0 Å². The van der Waals surface area contributed by atoms with Crippen LogP contribution in [0, 0.1) is 11.3 Å². The Morgan fingerprint density at radius 3 is 2.61 bits per heavy atom. The largest absolute Gasteiger partial charge is 0.464 e. The van der Waals surface area contributed by atoms with Crippen LogP contribution in [0.4, 0.5) is 0 Å². The third-order valence-corrected chi connectivity index (χ3v) is 6.86. The third-order valence-electron chi connectivity index (χ3n) is 6.86. The van der Waals surface area contributed by atoms with Crippen molar-refractivity contribution in [2.75, 3.05) is 13.2 Å². The van der Waals surface area contributed by atoms with Gasteiger partial charge in [-0.1, -0.05) is 26.8 Å². The van der Waals surface area contributed by atoms with E-state index in [9.17, 15) is 9.59 Å². The summed E-state index contributed by atoms with van der Waals surface area (Å²) in [5, 5.41) is 0. The number of ether oxygens (including phenoxy) is 2. The number of rotatable bonds is 5. The minimum absolute atomic E-state index is 0.159. The fraction of sp³-hybridized carbons (Fsp3) is 0.708. The molecule has 1 aromatic rings. The molecule has 7 heteroatoms. The molecule has 4 rings (SSSR count). The molecule has 2 N–H and O–H groups in total. The first kappa shape index (κ1) is 22.2. The predicted molar refractivity (Wildman–Crippen MR) is 116 cm³/mol. The number of likely N-dealkylation sites (tertiary alicyclic amines) is 1. The second-order valence-corrected chi connectivity index (χ2v) is 10.1. The number of carbonyl (C=O) groups excluding carboxylic acids is 2. The number of aromatic nitrogens is 1. The molecule has 0 spiro atoms. The summed E-state index contributed by atoms with van der Waals surface area (Å²) in [6, 6.07) is 2.32. The topological polar surface area (TPSA) is 94.8 Å². The van der Waals surface area contributed by atoms with E-state index in [1.54, 1.807) is 18.0 Å². The fourth-order valence-corrected chi connectivity index (χ4v) is 5.43. The Labute approximate surface area is 184 Å². The van der Waals surface area contributed by atoms with Crippen LogP contribution in [0.25, 0.3) is 0 Å². The van der Waals surface area contributed by atoms with Gasteiger partial charge < -0.3 is 20.1 Å². The molecule has 7 nitrogen and oxygen atoms in total. The van der Waals surface area contributed by atoms with E-state index in [4.69, 9.17) is 15.2 Å². The zero-order valence-electron chi connectivity index (χ0n) is 19.0. The van der Waals surface area contributed by atoms with Gasteiger partial charge in [0, 0.05) is 36.4 Å². The summed E-state index contributed by atoms with van der Waals surface area (Å²) in [5.74, 6) is -0.399. The minimum Gasteiger partial charge on any atom is -0.464 e. The van der Waals surface area contributed by atoms with Gasteiger partial charge in [-0.25, -0.2) is 4.79 Å². The Hall–Kier alpha value is -1.99. The van der Waals surface area contributed by atoms with Crippen LogP contribution in [-0.2, 0) is 19.1 Å². The van der Waals surface area contributed by atoms with Gasteiger partial charge >= 0.3 is 5.97 Å². The number of amides is 1. The maximum Gasteiger partial charge on any atom is 0.329 e. The van der Waals surface area contributed by atoms with Crippen LogP contribution in [-0.4, -0.2) is 53.2 Å². The molecule has 2 aliphatic heterocycles. The lowest BCUT2D eigenvalue weighted by atomic mass is 9.73. The van der Waals surface area contributed by atoms with E-state index in [2.05, 4.69) is 25.8 Å². The van der Waals surface area contributed by atoms with Crippen LogP contribution in [0.2, 0.25) is 0 Å². The van der Waals surface area contributed by atoms with Crippen molar-refractivity contribution >= 4 is 11.9 Å². The van der Waals surface area contributed by atoms with Gasteiger partial charge in [-0.05, 0) is 49.7 Å². The monoisotopic (exact) mass is 429 g/mol. The Morgan fingerprint density at radius 2 is 2.03 bits per heavy atom. The summed E-state index contributed by atoms with van der Waals surface area (Å²) in [4.78, 5) is 33.4. The van der Waals surface area contributed by atoms with Crippen molar-refractivity contribution in [3.8, 4) is 0 Å². The molecule has 2 saturated heterocycles. The average Bonchev–Trinajstić information content (AvgIpc) is 3.31. The van der Waals surface area contributed by atoms with Crippen LogP contribution < -0.4 is 5.73 Å². The first-order valence-corrected chi connectivity index (χ1v) is 11.6. The second-order valence-electron chi connectivity index (χ2n) is 10.1. The minimum atomic E-state index is -0.746.